The number of carbonyl (C=O) groups is 2. The Labute approximate surface area is 111 Å². The topological polar surface area (TPSA) is 89.6 Å². The number of hydrogen-bond donors (Lipinski definition) is 2. The van der Waals surface area contributed by atoms with E-state index in [0.717, 1.165) is 5.56 Å². The number of ether oxygens (including phenoxy) is 1. The van der Waals surface area contributed by atoms with E-state index in [-0.39, 0.29) is 12.4 Å². The van der Waals surface area contributed by atoms with Crippen LogP contribution in [0.1, 0.15) is 18.9 Å². The Hall–Kier alpha value is -1.95. The van der Waals surface area contributed by atoms with Crippen molar-refractivity contribution in [3.05, 3.63) is 29.8 Å². The van der Waals surface area contributed by atoms with E-state index in [1.165, 1.54) is 0 Å². The third-order valence-electron chi connectivity index (χ3n) is 2.22. The molecule has 19 heavy (non-hydrogen) atoms. The van der Waals surface area contributed by atoms with Gasteiger partial charge in [-0.25, -0.2) is 0 Å². The molecule has 1 aromatic carbocycles. The van der Waals surface area contributed by atoms with E-state index in [2.05, 4.69) is 0 Å². The molecule has 0 aliphatic heterocycles. The number of rotatable bonds is 5. The van der Waals surface area contributed by atoms with E-state index in [0.29, 0.717) is 19.3 Å². The van der Waals surface area contributed by atoms with Gasteiger partial charge in [0.1, 0.15) is 11.8 Å². The number of carbonyl (C=O) groups excluding carboxylic acids is 1. The van der Waals surface area contributed by atoms with Crippen LogP contribution in [0.25, 0.3) is 0 Å². The third kappa shape index (κ3) is 6.52. The fraction of sp³-hybridized carbons (Fsp3) is 0.385. The summed E-state index contributed by atoms with van der Waals surface area (Å²) in [5.41, 5.74) is 6.19. The van der Waals surface area contributed by atoms with E-state index in [1.54, 1.807) is 31.2 Å². The van der Waals surface area contributed by atoms with Crippen LogP contribution in [-0.2, 0) is 16.0 Å². The van der Waals surface area contributed by atoms with Crippen LogP contribution in [0.3, 0.4) is 0 Å². The lowest BCUT2D eigenvalue weighted by molar-refractivity contribution is -0.138. The Bertz CT molecular complexity index is 406. The third-order valence-corrected chi connectivity index (χ3v) is 2.22. The van der Waals surface area contributed by atoms with Gasteiger partial charge >= 0.3 is 11.9 Å². The number of halogens is 1. The molecule has 0 amide bonds. The van der Waals surface area contributed by atoms with Crippen LogP contribution in [0.15, 0.2) is 24.3 Å². The van der Waals surface area contributed by atoms with Gasteiger partial charge < -0.3 is 15.6 Å². The molecule has 0 saturated heterocycles. The van der Waals surface area contributed by atoms with Crippen molar-refractivity contribution < 1.29 is 23.8 Å². The van der Waals surface area contributed by atoms with Gasteiger partial charge in [0.2, 0.25) is 0 Å². The van der Waals surface area contributed by atoms with Crippen LogP contribution in [0.5, 0.6) is 5.75 Å². The highest BCUT2D eigenvalue weighted by molar-refractivity contribution is 5.73. The maximum absolute atomic E-state index is 11.0. The first-order valence-electron chi connectivity index (χ1n) is 5.68. The van der Waals surface area contributed by atoms with E-state index >= 15 is 0 Å². The van der Waals surface area contributed by atoms with Crippen LogP contribution in [0, 0.1) is 0 Å². The summed E-state index contributed by atoms with van der Waals surface area (Å²) in [4.78, 5) is 21.6. The molecule has 1 atom stereocenters. The van der Waals surface area contributed by atoms with Gasteiger partial charge in [-0.3, -0.25) is 14.0 Å². The molecule has 1 rings (SSSR count). The summed E-state index contributed by atoms with van der Waals surface area (Å²) in [6.07, 6.45) is 0.559. The minimum atomic E-state index is -1.04. The first kappa shape index (κ1) is 17.1. The minimum absolute atomic E-state index is 0.247. The molecule has 0 spiro atoms. The summed E-state index contributed by atoms with van der Waals surface area (Å²) < 4.78 is 14.5. The predicted octanol–water partition coefficient (Wildman–Crippen LogP) is 1.54. The molecule has 0 aromatic heterocycles. The molecular weight excluding hydrogens is 253 g/mol. The summed E-state index contributed by atoms with van der Waals surface area (Å²) in [5, 5.41) is 8.65. The second-order valence-corrected chi connectivity index (χ2v) is 3.62. The zero-order chi connectivity index (χ0) is 14.8. The fourth-order valence-electron chi connectivity index (χ4n) is 1.24. The van der Waals surface area contributed by atoms with Crippen molar-refractivity contribution in [3.63, 3.8) is 0 Å². The largest absolute Gasteiger partial charge is 0.480 e. The number of benzene rings is 1. The average molecular weight is 271 g/mol. The van der Waals surface area contributed by atoms with E-state index in [4.69, 9.17) is 15.6 Å². The van der Waals surface area contributed by atoms with Crippen molar-refractivity contribution in [2.75, 3.05) is 7.18 Å². The molecule has 1 aromatic rings. The summed E-state index contributed by atoms with van der Waals surface area (Å²) >= 11 is 0. The fourth-order valence-corrected chi connectivity index (χ4v) is 1.24. The zero-order valence-electron chi connectivity index (χ0n) is 10.9. The first-order chi connectivity index (χ1) is 9.02. The number of nitrogens with two attached hydrogens (primary N) is 1. The summed E-state index contributed by atoms with van der Waals surface area (Å²) in [6, 6.07) is 5.72. The number of alkyl halides is 1. The second-order valence-electron chi connectivity index (χ2n) is 3.62. The molecule has 0 fully saturated rings. The summed E-state index contributed by atoms with van der Waals surface area (Å²) in [6.45, 7) is 1.71. The van der Waals surface area contributed by atoms with Gasteiger partial charge in [-0.15, -0.1) is 0 Å². The van der Waals surface area contributed by atoms with E-state index in [1.807, 2.05) is 0 Å². The SMILES string of the molecule is CCC(=O)Oc1ccc(CC(N)C(=O)O)cc1.CF. The van der Waals surface area contributed by atoms with Crippen molar-refractivity contribution in [1.82, 2.24) is 0 Å². The van der Waals surface area contributed by atoms with Crippen LogP contribution in [-0.4, -0.2) is 30.3 Å². The Morgan fingerprint density at radius 2 is 1.84 bits per heavy atom. The molecule has 3 N–H and O–H groups in total. The lowest BCUT2D eigenvalue weighted by Crippen LogP contribution is -2.32. The molecular formula is C13H18FNO4. The number of carboxylic acids is 1. The van der Waals surface area contributed by atoms with E-state index in [9.17, 15) is 14.0 Å². The summed E-state index contributed by atoms with van der Waals surface area (Å²) in [7, 11) is 0.500. The quantitative estimate of drug-likeness (QED) is 0.626. The van der Waals surface area contributed by atoms with Crippen LogP contribution in [0.4, 0.5) is 4.39 Å². The highest BCUT2D eigenvalue weighted by Gasteiger charge is 2.12. The number of hydrogen-bond acceptors (Lipinski definition) is 4. The number of aliphatic carboxylic acids is 1. The maximum atomic E-state index is 11.0. The zero-order valence-corrected chi connectivity index (χ0v) is 10.9. The van der Waals surface area contributed by atoms with Gasteiger partial charge in [0.05, 0.1) is 7.18 Å². The lowest BCUT2D eigenvalue weighted by atomic mass is 10.1. The normalized spacial score (nSPS) is 10.9. The number of carboxylic acid groups (broad SMARTS) is 1. The summed E-state index contributed by atoms with van der Waals surface area (Å²) in [5.74, 6) is -0.893. The first-order valence-corrected chi connectivity index (χ1v) is 5.68. The molecule has 0 bridgehead atoms. The molecule has 0 heterocycles. The molecule has 6 heteroatoms. The van der Waals surface area contributed by atoms with Gasteiger partial charge in [-0.2, -0.15) is 0 Å². The van der Waals surface area contributed by atoms with Crippen LogP contribution >= 0.6 is 0 Å². The lowest BCUT2D eigenvalue weighted by Gasteiger charge is -2.07. The van der Waals surface area contributed by atoms with Crippen molar-refractivity contribution in [3.8, 4) is 5.75 Å². The Morgan fingerprint density at radius 1 is 1.32 bits per heavy atom. The smallest absolute Gasteiger partial charge is 0.320 e. The molecule has 0 aliphatic rings. The van der Waals surface area contributed by atoms with Gasteiger partial charge in [-0.1, -0.05) is 19.1 Å². The number of esters is 1. The average Bonchev–Trinajstić information content (AvgIpc) is 2.43. The molecule has 0 saturated carbocycles. The van der Waals surface area contributed by atoms with Crippen LogP contribution in [0.2, 0.25) is 0 Å². The second kappa shape index (κ2) is 9.04. The van der Waals surface area contributed by atoms with Gasteiger partial charge in [0.25, 0.3) is 0 Å². The Morgan fingerprint density at radius 3 is 2.26 bits per heavy atom. The Kier molecular flexibility index (Phi) is 8.12. The molecule has 0 radical (unpaired) electrons. The highest BCUT2D eigenvalue weighted by Crippen LogP contribution is 2.13. The Balaban J connectivity index is 0.00000154. The van der Waals surface area contributed by atoms with Crippen molar-refractivity contribution in [2.45, 2.75) is 25.8 Å². The van der Waals surface area contributed by atoms with Crippen LogP contribution < -0.4 is 10.5 Å². The standard InChI is InChI=1S/C12H15NO4.CH3F/c1-2-11(14)17-9-5-3-8(4-6-9)7-10(13)12(15)16;1-2/h3-6,10H,2,7,13H2,1H3,(H,15,16);1H3. The monoisotopic (exact) mass is 271 g/mol. The molecule has 0 aliphatic carbocycles. The highest BCUT2D eigenvalue weighted by atomic mass is 19.1. The molecule has 1 unspecified atom stereocenters. The van der Waals surface area contributed by atoms with Gasteiger partial charge in [-0.05, 0) is 24.1 Å². The van der Waals surface area contributed by atoms with Gasteiger partial charge in [0.15, 0.2) is 0 Å². The van der Waals surface area contributed by atoms with Crippen molar-refractivity contribution >= 4 is 11.9 Å². The maximum Gasteiger partial charge on any atom is 0.320 e. The molecule has 5 nitrogen and oxygen atoms in total. The van der Waals surface area contributed by atoms with Crippen molar-refractivity contribution in [1.29, 1.82) is 0 Å². The predicted molar refractivity (Wildman–Crippen MR) is 68.7 cm³/mol. The van der Waals surface area contributed by atoms with Crippen molar-refractivity contribution in [2.24, 2.45) is 5.73 Å². The minimum Gasteiger partial charge on any atom is -0.480 e. The van der Waals surface area contributed by atoms with Gasteiger partial charge in [0, 0.05) is 6.42 Å². The van der Waals surface area contributed by atoms with E-state index < -0.39 is 12.0 Å². The molecule has 106 valence electrons.